The second kappa shape index (κ2) is 9.19. The monoisotopic (exact) mass is 362 g/mol. The summed E-state index contributed by atoms with van der Waals surface area (Å²) >= 11 is 0. The molecule has 1 unspecified atom stereocenters. The van der Waals surface area contributed by atoms with E-state index in [4.69, 9.17) is 4.74 Å². The fourth-order valence-corrected chi connectivity index (χ4v) is 1.62. The number of para-hydroxylation sites is 1. The summed E-state index contributed by atoms with van der Waals surface area (Å²) in [6, 6.07) is 4.84. The highest BCUT2D eigenvalue weighted by Gasteiger charge is 2.32. The zero-order valence-corrected chi connectivity index (χ0v) is 13.3. The van der Waals surface area contributed by atoms with Crippen molar-refractivity contribution in [2.45, 2.75) is 19.4 Å². The van der Waals surface area contributed by atoms with Crippen molar-refractivity contribution >= 4 is 11.8 Å². The molecule has 0 bridgehead atoms. The first-order chi connectivity index (χ1) is 11.6. The van der Waals surface area contributed by atoms with Crippen molar-refractivity contribution < 1.29 is 42.1 Å². The number of rotatable bonds is 9. The lowest BCUT2D eigenvalue weighted by molar-refractivity contribution is -0.274. The summed E-state index contributed by atoms with van der Waals surface area (Å²) in [6.45, 7) is 3.50. The maximum Gasteiger partial charge on any atom is 0.573 e. The van der Waals surface area contributed by atoms with E-state index in [-0.39, 0.29) is 24.4 Å². The number of hydrogen-bond acceptors (Lipinski definition) is 6. The second-order valence-electron chi connectivity index (χ2n) is 5.01. The van der Waals surface area contributed by atoms with Crippen molar-refractivity contribution in [1.29, 1.82) is 0 Å². The number of alkyl halides is 3. The molecule has 0 fully saturated rings. The molecule has 0 amide bonds. The van der Waals surface area contributed by atoms with Gasteiger partial charge in [0.1, 0.15) is 25.1 Å². The Labute approximate surface area is 141 Å². The molecular weight excluding hydrogens is 345 g/mol. The molecule has 1 aromatic rings. The quantitative estimate of drug-likeness (QED) is 0.412. The van der Waals surface area contributed by atoms with E-state index in [2.05, 4.69) is 16.1 Å². The van der Waals surface area contributed by atoms with Gasteiger partial charge in [0.2, 0.25) is 0 Å². The van der Waals surface area contributed by atoms with Gasteiger partial charge in [-0.3, -0.25) is 4.79 Å². The molecule has 138 valence electrons. The Morgan fingerprint density at radius 3 is 2.48 bits per heavy atom. The molecule has 0 aliphatic rings. The third-order valence-electron chi connectivity index (χ3n) is 2.71. The SMILES string of the molecule is C=C(C)C(=O)OCC(O)COCC(=O)c1ccccc1OC(F)(F)F. The summed E-state index contributed by atoms with van der Waals surface area (Å²) in [6.07, 6.45) is -6.13. The molecule has 1 atom stereocenters. The van der Waals surface area contributed by atoms with Crippen LogP contribution in [0.1, 0.15) is 17.3 Å². The summed E-state index contributed by atoms with van der Waals surface area (Å²) in [7, 11) is 0. The van der Waals surface area contributed by atoms with Crippen LogP contribution in [0.2, 0.25) is 0 Å². The van der Waals surface area contributed by atoms with Crippen molar-refractivity contribution in [3.63, 3.8) is 0 Å². The predicted octanol–water partition coefficient (Wildman–Crippen LogP) is 2.26. The summed E-state index contributed by atoms with van der Waals surface area (Å²) in [5.74, 6) is -2.08. The molecule has 0 aliphatic heterocycles. The van der Waals surface area contributed by atoms with Crippen molar-refractivity contribution in [3.8, 4) is 5.75 Å². The van der Waals surface area contributed by atoms with E-state index >= 15 is 0 Å². The van der Waals surface area contributed by atoms with Gasteiger partial charge in [-0.05, 0) is 19.1 Å². The van der Waals surface area contributed by atoms with Crippen LogP contribution >= 0.6 is 0 Å². The van der Waals surface area contributed by atoms with E-state index in [1.54, 1.807) is 0 Å². The molecule has 1 rings (SSSR count). The molecule has 0 spiro atoms. The highest BCUT2D eigenvalue weighted by Crippen LogP contribution is 2.26. The maximum atomic E-state index is 12.3. The van der Waals surface area contributed by atoms with Gasteiger partial charge in [0.15, 0.2) is 5.78 Å². The molecule has 0 aromatic heterocycles. The fourth-order valence-electron chi connectivity index (χ4n) is 1.62. The Morgan fingerprint density at radius 2 is 1.88 bits per heavy atom. The summed E-state index contributed by atoms with van der Waals surface area (Å²) < 4.78 is 50.3. The van der Waals surface area contributed by atoms with E-state index in [1.165, 1.54) is 19.1 Å². The summed E-state index contributed by atoms with van der Waals surface area (Å²) in [5.41, 5.74) is -0.146. The average Bonchev–Trinajstić information content (AvgIpc) is 2.51. The van der Waals surface area contributed by atoms with Crippen molar-refractivity contribution in [1.82, 2.24) is 0 Å². The number of ketones is 1. The van der Waals surface area contributed by atoms with Gasteiger partial charge < -0.3 is 19.3 Å². The van der Waals surface area contributed by atoms with Crippen LogP contribution < -0.4 is 4.74 Å². The number of esters is 1. The maximum absolute atomic E-state index is 12.3. The first kappa shape index (κ1) is 20.7. The Morgan fingerprint density at radius 1 is 1.24 bits per heavy atom. The van der Waals surface area contributed by atoms with Crippen LogP contribution in [0.15, 0.2) is 36.4 Å². The Hall–Kier alpha value is -2.39. The smallest absolute Gasteiger partial charge is 0.460 e. The number of carbonyl (C=O) groups excluding carboxylic acids is 2. The standard InChI is InChI=1S/C16H17F3O6/c1-10(2)15(22)24-8-11(20)7-23-9-13(21)12-5-3-4-6-14(12)25-16(17,18)19/h3-6,11,20H,1,7-9H2,2H3. The molecule has 0 radical (unpaired) electrons. The van der Waals surface area contributed by atoms with E-state index in [9.17, 15) is 27.9 Å². The lowest BCUT2D eigenvalue weighted by Gasteiger charge is -2.14. The van der Waals surface area contributed by atoms with Crippen molar-refractivity contribution in [2.75, 3.05) is 19.8 Å². The summed E-state index contributed by atoms with van der Waals surface area (Å²) in [5, 5.41) is 9.55. The molecule has 9 heteroatoms. The van der Waals surface area contributed by atoms with Gasteiger partial charge in [-0.2, -0.15) is 0 Å². The fraction of sp³-hybridized carbons (Fsp3) is 0.375. The molecule has 1 N–H and O–H groups in total. The molecule has 6 nitrogen and oxygen atoms in total. The molecule has 0 saturated heterocycles. The van der Waals surface area contributed by atoms with Gasteiger partial charge >= 0.3 is 12.3 Å². The van der Waals surface area contributed by atoms with Crippen LogP contribution in [-0.2, 0) is 14.3 Å². The first-order valence-corrected chi connectivity index (χ1v) is 7.06. The van der Waals surface area contributed by atoms with Crippen LogP contribution in [0.4, 0.5) is 13.2 Å². The van der Waals surface area contributed by atoms with Crippen LogP contribution in [-0.4, -0.2) is 49.1 Å². The highest BCUT2D eigenvalue weighted by molar-refractivity contribution is 5.99. The van der Waals surface area contributed by atoms with Crippen LogP contribution in [0, 0.1) is 0 Å². The Kier molecular flexibility index (Phi) is 7.59. The Bertz CT molecular complexity index is 627. The molecular formula is C16H17F3O6. The van der Waals surface area contributed by atoms with Gasteiger partial charge in [-0.15, -0.1) is 13.2 Å². The topological polar surface area (TPSA) is 82.1 Å². The van der Waals surface area contributed by atoms with E-state index in [1.807, 2.05) is 0 Å². The third-order valence-corrected chi connectivity index (χ3v) is 2.71. The molecule has 0 saturated carbocycles. The molecule has 0 aliphatic carbocycles. The van der Waals surface area contributed by atoms with Crippen LogP contribution in [0.3, 0.4) is 0 Å². The number of Topliss-reactive ketones (excluding diaryl/α,β-unsaturated/α-hetero) is 1. The van der Waals surface area contributed by atoms with E-state index in [0.29, 0.717) is 0 Å². The number of ether oxygens (including phenoxy) is 3. The summed E-state index contributed by atoms with van der Waals surface area (Å²) in [4.78, 5) is 23.1. The van der Waals surface area contributed by atoms with Crippen molar-refractivity contribution in [2.24, 2.45) is 0 Å². The largest absolute Gasteiger partial charge is 0.573 e. The zero-order valence-electron chi connectivity index (χ0n) is 13.3. The van der Waals surface area contributed by atoms with Crippen LogP contribution in [0.25, 0.3) is 0 Å². The van der Waals surface area contributed by atoms with Gasteiger partial charge in [0.05, 0.1) is 12.2 Å². The van der Waals surface area contributed by atoms with Gasteiger partial charge in [0, 0.05) is 5.57 Å². The Balaban J connectivity index is 2.50. The average molecular weight is 362 g/mol. The van der Waals surface area contributed by atoms with Gasteiger partial charge in [0.25, 0.3) is 0 Å². The highest BCUT2D eigenvalue weighted by atomic mass is 19.4. The normalized spacial score (nSPS) is 12.4. The lowest BCUT2D eigenvalue weighted by atomic mass is 10.1. The molecule has 25 heavy (non-hydrogen) atoms. The lowest BCUT2D eigenvalue weighted by Crippen LogP contribution is -2.25. The van der Waals surface area contributed by atoms with E-state index in [0.717, 1.165) is 12.1 Å². The number of aliphatic hydroxyl groups is 1. The zero-order chi connectivity index (χ0) is 19.0. The van der Waals surface area contributed by atoms with E-state index < -0.39 is 36.6 Å². The number of benzene rings is 1. The van der Waals surface area contributed by atoms with Gasteiger partial charge in [-0.25, -0.2) is 4.79 Å². The van der Waals surface area contributed by atoms with Crippen molar-refractivity contribution in [3.05, 3.63) is 42.0 Å². The minimum Gasteiger partial charge on any atom is -0.460 e. The molecule has 1 aromatic carbocycles. The third kappa shape index (κ3) is 7.81. The number of hydrogen-bond donors (Lipinski definition) is 1. The van der Waals surface area contributed by atoms with Gasteiger partial charge in [-0.1, -0.05) is 18.7 Å². The second-order valence-corrected chi connectivity index (χ2v) is 5.01. The number of aliphatic hydroxyl groups excluding tert-OH is 1. The minimum absolute atomic E-state index is 0.157. The predicted molar refractivity (Wildman–Crippen MR) is 80.1 cm³/mol. The number of carbonyl (C=O) groups is 2. The molecule has 0 heterocycles. The number of halogens is 3. The minimum atomic E-state index is -4.93. The van der Waals surface area contributed by atoms with Crippen LogP contribution in [0.5, 0.6) is 5.75 Å². The first-order valence-electron chi connectivity index (χ1n) is 7.06.